The number of fused-ring (bicyclic) bond motifs is 3. The van der Waals surface area contributed by atoms with Gasteiger partial charge in [0.25, 0.3) is 0 Å². The zero-order valence-corrected chi connectivity index (χ0v) is 18.1. The standard InChI is InChI=1S/C20H21N3OS.C2HF3O2/c1-23-15-3-4-16(23)12-17(11-15)24-20-7-5-18(21-22-20)13-2-6-19-14(10-13)8-9-25-19;3-2(4,5)1(6)7/h2,5-10,15-17H,3-4,11-12H2,1H3;(H,6,7). The highest BCUT2D eigenvalue weighted by Crippen LogP contribution is 2.35. The van der Waals surface area contributed by atoms with Crippen LogP contribution in [0.5, 0.6) is 5.88 Å². The van der Waals surface area contributed by atoms with E-state index < -0.39 is 12.1 Å². The van der Waals surface area contributed by atoms with Crippen molar-refractivity contribution >= 4 is 27.4 Å². The summed E-state index contributed by atoms with van der Waals surface area (Å²) in [5.41, 5.74) is 1.99. The molecule has 1 N–H and O–H groups in total. The second-order valence-corrected chi connectivity index (χ2v) is 8.94. The van der Waals surface area contributed by atoms with E-state index >= 15 is 0 Å². The van der Waals surface area contributed by atoms with Crippen molar-refractivity contribution in [3.8, 4) is 17.1 Å². The molecule has 0 saturated carbocycles. The molecule has 0 aliphatic carbocycles. The van der Waals surface area contributed by atoms with Gasteiger partial charge in [0.05, 0.1) is 5.69 Å². The van der Waals surface area contributed by atoms with Gasteiger partial charge in [-0.2, -0.15) is 13.2 Å². The Morgan fingerprint density at radius 3 is 2.41 bits per heavy atom. The lowest BCUT2D eigenvalue weighted by molar-refractivity contribution is -0.192. The van der Waals surface area contributed by atoms with Crippen LogP contribution in [0.2, 0.25) is 0 Å². The van der Waals surface area contributed by atoms with E-state index in [0.29, 0.717) is 18.0 Å². The van der Waals surface area contributed by atoms with Gasteiger partial charge in [0.1, 0.15) is 6.10 Å². The molecule has 6 nitrogen and oxygen atoms in total. The lowest BCUT2D eigenvalue weighted by Crippen LogP contribution is -2.43. The molecule has 2 aromatic heterocycles. The van der Waals surface area contributed by atoms with Crippen molar-refractivity contribution in [2.45, 2.75) is 50.0 Å². The number of ether oxygens (including phenoxy) is 1. The summed E-state index contributed by atoms with van der Waals surface area (Å²) in [6.45, 7) is 0. The van der Waals surface area contributed by atoms with Crippen LogP contribution >= 0.6 is 11.3 Å². The largest absolute Gasteiger partial charge is 0.490 e. The quantitative estimate of drug-likeness (QED) is 0.587. The Labute approximate surface area is 186 Å². The van der Waals surface area contributed by atoms with Crippen LogP contribution in [0.3, 0.4) is 0 Å². The van der Waals surface area contributed by atoms with Gasteiger partial charge in [-0.05, 0) is 67.8 Å². The summed E-state index contributed by atoms with van der Waals surface area (Å²) in [6.07, 6.45) is 0.000189. The Morgan fingerprint density at radius 2 is 1.81 bits per heavy atom. The molecule has 2 bridgehead atoms. The maximum absolute atomic E-state index is 10.6. The van der Waals surface area contributed by atoms with Crippen LogP contribution in [-0.2, 0) is 4.79 Å². The van der Waals surface area contributed by atoms with Crippen LogP contribution in [0.4, 0.5) is 13.2 Å². The first-order valence-corrected chi connectivity index (χ1v) is 11.1. The van der Waals surface area contributed by atoms with Crippen molar-refractivity contribution in [2.75, 3.05) is 7.05 Å². The molecule has 2 aliphatic heterocycles. The van der Waals surface area contributed by atoms with Gasteiger partial charge in [-0.25, -0.2) is 4.79 Å². The number of nitrogens with zero attached hydrogens (tertiary/aromatic N) is 3. The van der Waals surface area contributed by atoms with E-state index in [4.69, 9.17) is 14.6 Å². The molecule has 10 heteroatoms. The number of rotatable bonds is 3. The van der Waals surface area contributed by atoms with E-state index in [9.17, 15) is 13.2 Å². The third-order valence-corrected chi connectivity index (χ3v) is 6.87. The van der Waals surface area contributed by atoms with Crippen molar-refractivity contribution in [1.82, 2.24) is 15.1 Å². The number of carboxylic acids is 1. The van der Waals surface area contributed by atoms with Crippen LogP contribution in [0.1, 0.15) is 25.7 Å². The number of thiophene rings is 1. The number of alkyl halides is 3. The van der Waals surface area contributed by atoms with Crippen LogP contribution in [0.15, 0.2) is 41.8 Å². The number of benzene rings is 1. The van der Waals surface area contributed by atoms with Gasteiger partial charge < -0.3 is 14.7 Å². The van der Waals surface area contributed by atoms with Gasteiger partial charge in [-0.1, -0.05) is 6.07 Å². The van der Waals surface area contributed by atoms with Gasteiger partial charge in [-0.3, -0.25) is 0 Å². The van der Waals surface area contributed by atoms with Crippen LogP contribution in [0, 0.1) is 0 Å². The molecular formula is C22H22F3N3O3S. The molecule has 0 spiro atoms. The number of aliphatic carboxylic acids is 1. The molecular weight excluding hydrogens is 443 g/mol. The second kappa shape index (κ2) is 9.03. The molecule has 4 heterocycles. The fourth-order valence-electron chi connectivity index (χ4n) is 4.29. The predicted octanol–water partition coefficient (Wildman–Crippen LogP) is 5.00. The number of carboxylic acid groups (broad SMARTS) is 1. The maximum atomic E-state index is 10.6. The van der Waals surface area contributed by atoms with Crippen molar-refractivity contribution in [3.63, 3.8) is 0 Å². The first-order chi connectivity index (χ1) is 15.2. The topological polar surface area (TPSA) is 75.5 Å². The van der Waals surface area contributed by atoms with E-state index in [1.54, 1.807) is 11.3 Å². The number of halogens is 3. The van der Waals surface area contributed by atoms with Gasteiger partial charge in [0, 0.05) is 28.4 Å². The molecule has 1 aromatic carbocycles. The van der Waals surface area contributed by atoms with Crippen LogP contribution in [-0.4, -0.2) is 57.6 Å². The van der Waals surface area contributed by atoms with E-state index in [1.807, 2.05) is 12.1 Å². The Hall–Kier alpha value is -2.72. The molecule has 2 fully saturated rings. The number of carbonyl (C=O) groups is 1. The Balaban J connectivity index is 0.000000307. The molecule has 2 atom stereocenters. The highest BCUT2D eigenvalue weighted by atomic mass is 32.1. The molecule has 32 heavy (non-hydrogen) atoms. The van der Waals surface area contributed by atoms with Crippen molar-refractivity contribution < 1.29 is 27.8 Å². The second-order valence-electron chi connectivity index (χ2n) is 7.99. The lowest BCUT2D eigenvalue weighted by atomic mass is 10.0. The Bertz CT molecular complexity index is 1070. The minimum atomic E-state index is -5.08. The Morgan fingerprint density at radius 1 is 1.12 bits per heavy atom. The summed E-state index contributed by atoms with van der Waals surface area (Å²) in [5, 5.41) is 19.2. The highest BCUT2D eigenvalue weighted by Gasteiger charge is 2.39. The average molecular weight is 465 g/mol. The molecule has 5 rings (SSSR count). The van der Waals surface area contributed by atoms with Crippen LogP contribution in [0.25, 0.3) is 21.3 Å². The molecule has 3 aromatic rings. The summed E-state index contributed by atoms with van der Waals surface area (Å²) >= 11 is 1.76. The zero-order valence-electron chi connectivity index (χ0n) is 17.2. The molecule has 2 unspecified atom stereocenters. The predicted molar refractivity (Wildman–Crippen MR) is 115 cm³/mol. The minimum Gasteiger partial charge on any atom is -0.475 e. The smallest absolute Gasteiger partial charge is 0.475 e. The highest BCUT2D eigenvalue weighted by molar-refractivity contribution is 7.17. The minimum absolute atomic E-state index is 0.274. The van der Waals surface area contributed by atoms with E-state index in [-0.39, 0.29) is 6.10 Å². The van der Waals surface area contributed by atoms with Crippen molar-refractivity contribution in [2.24, 2.45) is 0 Å². The average Bonchev–Trinajstić information content (AvgIpc) is 3.28. The molecule has 0 radical (unpaired) electrons. The fraction of sp³-hybridized carbons (Fsp3) is 0.409. The number of aromatic nitrogens is 2. The van der Waals surface area contributed by atoms with Crippen molar-refractivity contribution in [1.29, 1.82) is 0 Å². The number of hydrogen-bond acceptors (Lipinski definition) is 6. The van der Waals surface area contributed by atoms with Gasteiger partial charge in [0.15, 0.2) is 0 Å². The normalized spacial score (nSPS) is 22.9. The van der Waals surface area contributed by atoms with E-state index in [2.05, 4.69) is 51.8 Å². The summed E-state index contributed by atoms with van der Waals surface area (Å²) in [5.74, 6) is -2.11. The zero-order chi connectivity index (χ0) is 22.9. The van der Waals surface area contributed by atoms with Crippen molar-refractivity contribution in [3.05, 3.63) is 41.8 Å². The fourth-order valence-corrected chi connectivity index (χ4v) is 5.06. The third-order valence-electron chi connectivity index (χ3n) is 5.97. The molecule has 0 amide bonds. The maximum Gasteiger partial charge on any atom is 0.490 e. The molecule has 2 aliphatic rings. The first kappa shape index (κ1) is 22.5. The summed E-state index contributed by atoms with van der Waals surface area (Å²) < 4.78 is 39.2. The summed E-state index contributed by atoms with van der Waals surface area (Å²) in [7, 11) is 2.25. The van der Waals surface area contributed by atoms with Gasteiger partial charge in [-0.15, -0.1) is 21.5 Å². The van der Waals surface area contributed by atoms with E-state index in [1.165, 1.54) is 22.9 Å². The van der Waals surface area contributed by atoms with Gasteiger partial charge >= 0.3 is 12.1 Å². The van der Waals surface area contributed by atoms with E-state index in [0.717, 1.165) is 24.1 Å². The Kier molecular flexibility index (Phi) is 6.34. The van der Waals surface area contributed by atoms with Crippen LogP contribution < -0.4 is 4.74 Å². The summed E-state index contributed by atoms with van der Waals surface area (Å²) in [4.78, 5) is 11.4. The molecule has 2 saturated heterocycles. The lowest BCUT2D eigenvalue weighted by Gasteiger charge is -2.35. The first-order valence-electron chi connectivity index (χ1n) is 10.2. The number of piperidine rings is 1. The monoisotopic (exact) mass is 465 g/mol. The third kappa shape index (κ3) is 5.02. The molecule has 170 valence electrons. The van der Waals surface area contributed by atoms with Gasteiger partial charge in [0.2, 0.25) is 5.88 Å². The SMILES string of the molecule is CN1C2CCC1CC(Oc1ccc(-c3ccc4sccc4c3)nn1)C2.O=C(O)C(F)(F)F. The summed E-state index contributed by atoms with van der Waals surface area (Å²) in [6, 6.07) is 13.9. The number of hydrogen-bond donors (Lipinski definition) is 1.